The van der Waals surface area contributed by atoms with Crippen LogP contribution in [0, 0.1) is 5.92 Å². The van der Waals surface area contributed by atoms with Crippen LogP contribution in [0.15, 0.2) is 42.5 Å². The van der Waals surface area contributed by atoms with Crippen molar-refractivity contribution in [1.82, 2.24) is 4.90 Å². The second-order valence-electron chi connectivity index (χ2n) is 6.73. The average molecular weight is 367 g/mol. The molecule has 6 nitrogen and oxygen atoms in total. The maximum absolute atomic E-state index is 12.7. The number of likely N-dealkylation sites (tertiary alicyclic amines) is 1. The van der Waals surface area contributed by atoms with Crippen molar-refractivity contribution in [1.29, 1.82) is 0 Å². The van der Waals surface area contributed by atoms with Crippen molar-refractivity contribution in [3.05, 3.63) is 53.6 Å². The summed E-state index contributed by atoms with van der Waals surface area (Å²) in [5.41, 5.74) is 1.27. The van der Waals surface area contributed by atoms with Gasteiger partial charge in [-0.1, -0.05) is 0 Å². The lowest BCUT2D eigenvalue weighted by molar-refractivity contribution is 0.0650. The van der Waals surface area contributed by atoms with Gasteiger partial charge < -0.3 is 19.1 Å². The van der Waals surface area contributed by atoms with Crippen molar-refractivity contribution in [3.63, 3.8) is 0 Å². The zero-order chi connectivity index (χ0) is 18.8. The number of carbonyl (C=O) groups is 2. The molecule has 140 valence electrons. The number of benzene rings is 2. The van der Waals surface area contributed by atoms with Crippen LogP contribution in [-0.2, 0) is 0 Å². The molecule has 2 heterocycles. The number of carbonyl (C=O) groups excluding carboxylic acids is 2. The second kappa shape index (κ2) is 7.31. The summed E-state index contributed by atoms with van der Waals surface area (Å²) in [7, 11) is 1.60. The van der Waals surface area contributed by atoms with E-state index in [2.05, 4.69) is 0 Å². The summed E-state index contributed by atoms with van der Waals surface area (Å²) >= 11 is 0. The maximum atomic E-state index is 12.7. The normalized spacial score (nSPS) is 16.3. The molecule has 4 rings (SSSR count). The van der Waals surface area contributed by atoms with Crippen LogP contribution in [-0.4, -0.2) is 43.6 Å². The highest BCUT2D eigenvalue weighted by Crippen LogP contribution is 2.33. The minimum absolute atomic E-state index is 0.0383. The smallest absolute Gasteiger partial charge is 0.253 e. The van der Waals surface area contributed by atoms with Crippen LogP contribution in [0.1, 0.15) is 33.6 Å². The molecule has 0 unspecified atom stereocenters. The Labute approximate surface area is 157 Å². The molecule has 0 bridgehead atoms. The standard InChI is InChI=1S/C21H21NO5/c1-25-17-5-2-14(3-6-17)20(23)15-8-10-22(11-9-15)21(24)16-4-7-18-19(12-16)27-13-26-18/h2-7,12,15H,8-11,13H2,1H3. The Hall–Kier alpha value is -3.02. The zero-order valence-corrected chi connectivity index (χ0v) is 15.1. The number of hydrogen-bond donors (Lipinski definition) is 0. The van der Waals surface area contributed by atoms with Crippen LogP contribution in [0.25, 0.3) is 0 Å². The Kier molecular flexibility index (Phi) is 4.71. The van der Waals surface area contributed by atoms with Crippen molar-refractivity contribution >= 4 is 11.7 Å². The van der Waals surface area contributed by atoms with E-state index < -0.39 is 0 Å². The fourth-order valence-electron chi connectivity index (χ4n) is 3.55. The minimum Gasteiger partial charge on any atom is -0.497 e. The molecule has 0 N–H and O–H groups in total. The van der Waals surface area contributed by atoms with Crippen LogP contribution in [0.3, 0.4) is 0 Å². The Morgan fingerprint density at radius 2 is 1.63 bits per heavy atom. The first kappa shape index (κ1) is 17.4. The fourth-order valence-corrected chi connectivity index (χ4v) is 3.55. The zero-order valence-electron chi connectivity index (χ0n) is 15.1. The molecular formula is C21H21NO5. The van der Waals surface area contributed by atoms with Crippen molar-refractivity contribution in [2.24, 2.45) is 5.92 Å². The number of nitrogens with zero attached hydrogens (tertiary/aromatic N) is 1. The van der Waals surface area contributed by atoms with Crippen LogP contribution < -0.4 is 14.2 Å². The molecular weight excluding hydrogens is 346 g/mol. The summed E-state index contributed by atoms with van der Waals surface area (Å²) in [5, 5.41) is 0. The summed E-state index contributed by atoms with van der Waals surface area (Å²) in [5.74, 6) is 2.03. The van der Waals surface area contributed by atoms with Crippen LogP contribution in [0.4, 0.5) is 0 Å². The lowest BCUT2D eigenvalue weighted by atomic mass is 9.88. The number of Topliss-reactive ketones (excluding diaryl/α,β-unsaturated/α-hetero) is 1. The Balaban J connectivity index is 1.38. The number of hydrogen-bond acceptors (Lipinski definition) is 5. The summed E-state index contributed by atoms with van der Waals surface area (Å²) in [6.45, 7) is 1.32. The first-order valence-corrected chi connectivity index (χ1v) is 9.03. The summed E-state index contributed by atoms with van der Waals surface area (Å²) in [4.78, 5) is 27.2. The van der Waals surface area contributed by atoms with E-state index in [4.69, 9.17) is 14.2 Å². The van der Waals surface area contributed by atoms with Gasteiger partial charge in [0, 0.05) is 30.1 Å². The van der Waals surface area contributed by atoms with Crippen LogP contribution >= 0.6 is 0 Å². The highest BCUT2D eigenvalue weighted by atomic mass is 16.7. The largest absolute Gasteiger partial charge is 0.497 e. The number of rotatable bonds is 4. The number of ketones is 1. The number of piperidine rings is 1. The molecule has 6 heteroatoms. The van der Waals surface area contributed by atoms with Gasteiger partial charge in [-0.15, -0.1) is 0 Å². The van der Waals surface area contributed by atoms with Gasteiger partial charge in [-0.2, -0.15) is 0 Å². The first-order chi connectivity index (χ1) is 13.2. The molecule has 0 aromatic heterocycles. The van der Waals surface area contributed by atoms with Crippen LogP contribution in [0.2, 0.25) is 0 Å². The van der Waals surface area contributed by atoms with E-state index in [9.17, 15) is 9.59 Å². The van der Waals surface area contributed by atoms with Gasteiger partial charge in [-0.05, 0) is 55.3 Å². The monoisotopic (exact) mass is 367 g/mol. The highest BCUT2D eigenvalue weighted by molar-refractivity contribution is 5.98. The van der Waals surface area contributed by atoms with Crippen molar-refractivity contribution < 1.29 is 23.8 Å². The van der Waals surface area contributed by atoms with E-state index in [1.165, 1.54) is 0 Å². The molecule has 0 aliphatic carbocycles. The molecule has 2 aliphatic rings. The van der Waals surface area contributed by atoms with Gasteiger partial charge in [0.2, 0.25) is 6.79 Å². The molecule has 2 aromatic rings. The third-order valence-electron chi connectivity index (χ3n) is 5.15. The topological polar surface area (TPSA) is 65.1 Å². The minimum atomic E-state index is -0.0563. The Morgan fingerprint density at radius 3 is 2.33 bits per heavy atom. The predicted octanol–water partition coefficient (Wildman–Crippen LogP) is 3.16. The third kappa shape index (κ3) is 3.47. The number of ether oxygens (including phenoxy) is 3. The summed E-state index contributed by atoms with van der Waals surface area (Å²) in [6, 6.07) is 12.4. The number of fused-ring (bicyclic) bond motifs is 1. The second-order valence-corrected chi connectivity index (χ2v) is 6.73. The van der Waals surface area contributed by atoms with Crippen molar-refractivity contribution in [2.45, 2.75) is 12.8 Å². The Bertz CT molecular complexity index is 853. The van der Waals surface area contributed by atoms with E-state index in [0.717, 1.165) is 5.75 Å². The Morgan fingerprint density at radius 1 is 0.963 bits per heavy atom. The number of methoxy groups -OCH3 is 1. The van der Waals surface area contributed by atoms with Gasteiger partial charge in [0.1, 0.15) is 5.75 Å². The SMILES string of the molecule is COc1ccc(C(=O)C2CCN(C(=O)c3ccc4c(c3)OCO4)CC2)cc1. The maximum Gasteiger partial charge on any atom is 0.253 e. The third-order valence-corrected chi connectivity index (χ3v) is 5.15. The van der Waals surface area contributed by atoms with Gasteiger partial charge in [-0.25, -0.2) is 0 Å². The molecule has 2 aliphatic heterocycles. The lowest BCUT2D eigenvalue weighted by Gasteiger charge is -2.31. The van der Waals surface area contributed by atoms with Gasteiger partial charge in [0.05, 0.1) is 7.11 Å². The molecule has 0 spiro atoms. The first-order valence-electron chi connectivity index (χ1n) is 9.03. The summed E-state index contributed by atoms with van der Waals surface area (Å²) in [6.07, 6.45) is 1.34. The highest BCUT2D eigenvalue weighted by Gasteiger charge is 2.29. The van der Waals surface area contributed by atoms with Gasteiger partial charge in [0.25, 0.3) is 5.91 Å². The average Bonchev–Trinajstić information content (AvgIpc) is 3.21. The molecule has 1 amide bonds. The van der Waals surface area contributed by atoms with Crippen LogP contribution in [0.5, 0.6) is 17.2 Å². The van der Waals surface area contributed by atoms with E-state index in [-0.39, 0.29) is 24.4 Å². The van der Waals surface area contributed by atoms with Gasteiger partial charge in [-0.3, -0.25) is 9.59 Å². The molecule has 0 radical (unpaired) electrons. The van der Waals surface area contributed by atoms with Gasteiger partial charge >= 0.3 is 0 Å². The molecule has 27 heavy (non-hydrogen) atoms. The summed E-state index contributed by atoms with van der Waals surface area (Å²) < 4.78 is 15.8. The van der Waals surface area contributed by atoms with E-state index in [0.29, 0.717) is 48.6 Å². The predicted molar refractivity (Wildman–Crippen MR) is 98.5 cm³/mol. The molecule has 1 fully saturated rings. The quantitative estimate of drug-likeness (QED) is 0.777. The fraction of sp³-hybridized carbons (Fsp3) is 0.333. The van der Waals surface area contributed by atoms with E-state index in [1.54, 1.807) is 54.5 Å². The van der Waals surface area contributed by atoms with Gasteiger partial charge in [0.15, 0.2) is 17.3 Å². The molecule has 0 atom stereocenters. The molecule has 0 saturated carbocycles. The molecule has 2 aromatic carbocycles. The van der Waals surface area contributed by atoms with Crippen molar-refractivity contribution in [3.8, 4) is 17.2 Å². The van der Waals surface area contributed by atoms with E-state index in [1.807, 2.05) is 0 Å². The lowest BCUT2D eigenvalue weighted by Crippen LogP contribution is -2.40. The number of amides is 1. The van der Waals surface area contributed by atoms with E-state index >= 15 is 0 Å². The van der Waals surface area contributed by atoms with Crippen molar-refractivity contribution in [2.75, 3.05) is 27.0 Å². The molecule has 1 saturated heterocycles.